The maximum atomic E-state index is 13.1. The van der Waals surface area contributed by atoms with E-state index in [1.54, 1.807) is 13.1 Å². The number of allylic oxidation sites excluding steroid dienone is 1. The quantitative estimate of drug-likeness (QED) is 0.779. The average molecular weight is 275 g/mol. The van der Waals surface area contributed by atoms with Crippen molar-refractivity contribution in [1.82, 2.24) is 10.2 Å². The highest BCUT2D eigenvalue weighted by molar-refractivity contribution is 5.87. The largest absolute Gasteiger partial charge is 0.395 e. The highest BCUT2D eigenvalue weighted by Crippen LogP contribution is 2.38. The molecular weight excluding hydrogens is 255 g/mol. The number of rotatable bonds is 2. The summed E-state index contributed by atoms with van der Waals surface area (Å²) >= 11 is 0. The Bertz CT molecular complexity index is 368. The summed E-state index contributed by atoms with van der Waals surface area (Å²) in [5.41, 5.74) is 1.16. The lowest BCUT2D eigenvalue weighted by Gasteiger charge is -2.33. The van der Waals surface area contributed by atoms with E-state index in [1.807, 2.05) is 0 Å². The Hall–Kier alpha value is -0.880. The van der Waals surface area contributed by atoms with Crippen LogP contribution in [0.5, 0.6) is 0 Å². The normalized spacial score (nSPS) is 28.5. The summed E-state index contributed by atoms with van der Waals surface area (Å²) in [7, 11) is 1.57. The lowest BCUT2D eigenvalue weighted by Crippen LogP contribution is -2.45. The van der Waals surface area contributed by atoms with Crippen LogP contribution in [-0.2, 0) is 0 Å². The van der Waals surface area contributed by atoms with Gasteiger partial charge in [0.1, 0.15) is 0 Å². The number of nitrogens with zero attached hydrogens (tertiary/aromatic N) is 2. The van der Waals surface area contributed by atoms with Crippen molar-refractivity contribution in [2.24, 2.45) is 10.9 Å². The van der Waals surface area contributed by atoms with Crippen LogP contribution >= 0.6 is 0 Å². The molecule has 1 aliphatic heterocycles. The van der Waals surface area contributed by atoms with Crippen LogP contribution in [0.25, 0.3) is 0 Å². The van der Waals surface area contributed by atoms with Gasteiger partial charge in [-0.3, -0.25) is 9.89 Å². The molecule has 1 aliphatic carbocycles. The van der Waals surface area contributed by atoms with Gasteiger partial charge in [-0.25, -0.2) is 0 Å². The third kappa shape index (κ3) is 3.79. The highest BCUT2D eigenvalue weighted by Gasteiger charge is 2.43. The molecule has 0 bridgehead atoms. The average Bonchev–Trinajstić information content (AvgIpc) is 2.39. The predicted octanol–water partition coefficient (Wildman–Crippen LogP) is 1.86. The molecule has 1 atom stereocenters. The van der Waals surface area contributed by atoms with Gasteiger partial charge in [-0.05, 0) is 5.57 Å². The zero-order valence-electron chi connectivity index (χ0n) is 11.1. The smallest absolute Gasteiger partial charge is 0.314 e. The van der Waals surface area contributed by atoms with Crippen LogP contribution < -0.4 is 5.32 Å². The van der Waals surface area contributed by atoms with Gasteiger partial charge in [-0.15, -0.1) is 0 Å². The van der Waals surface area contributed by atoms with E-state index in [4.69, 9.17) is 0 Å². The van der Waals surface area contributed by atoms with Crippen LogP contribution in [0.4, 0.5) is 13.2 Å². The molecule has 2 aliphatic rings. The van der Waals surface area contributed by atoms with E-state index in [9.17, 15) is 13.2 Å². The molecule has 1 saturated heterocycles. The van der Waals surface area contributed by atoms with Gasteiger partial charge in [0.25, 0.3) is 0 Å². The van der Waals surface area contributed by atoms with Crippen LogP contribution in [0.15, 0.2) is 16.6 Å². The molecule has 0 amide bonds. The molecule has 0 radical (unpaired) electrons. The van der Waals surface area contributed by atoms with E-state index in [-0.39, 0.29) is 6.42 Å². The van der Waals surface area contributed by atoms with Crippen molar-refractivity contribution in [2.45, 2.75) is 19.0 Å². The lowest BCUT2D eigenvalue weighted by atomic mass is 9.85. The summed E-state index contributed by atoms with van der Waals surface area (Å²) in [6.45, 7) is 3.77. The van der Waals surface area contributed by atoms with Crippen LogP contribution in [0.3, 0.4) is 0 Å². The fraction of sp³-hybridized carbons (Fsp3) is 0.769. The molecule has 0 spiro atoms. The SMILES string of the molecule is CN=C1CC=C(CN2CCNCC2)C(C(F)(F)F)C1. The first-order valence-corrected chi connectivity index (χ1v) is 6.64. The Morgan fingerprint density at radius 1 is 1.37 bits per heavy atom. The van der Waals surface area contributed by atoms with Gasteiger partial charge in [0.15, 0.2) is 0 Å². The van der Waals surface area contributed by atoms with E-state index in [1.165, 1.54) is 0 Å². The second kappa shape index (κ2) is 6.05. The first-order valence-electron chi connectivity index (χ1n) is 6.64. The number of hydrogen-bond donors (Lipinski definition) is 1. The molecule has 3 nitrogen and oxygen atoms in total. The van der Waals surface area contributed by atoms with Crippen LogP contribution in [0, 0.1) is 5.92 Å². The number of nitrogens with one attached hydrogen (secondary N) is 1. The molecule has 1 unspecified atom stereocenters. The zero-order valence-corrected chi connectivity index (χ0v) is 11.1. The molecule has 1 heterocycles. The molecule has 19 heavy (non-hydrogen) atoms. The van der Waals surface area contributed by atoms with E-state index >= 15 is 0 Å². The van der Waals surface area contributed by atoms with Crippen LogP contribution in [-0.4, -0.2) is 56.6 Å². The highest BCUT2D eigenvalue weighted by atomic mass is 19.4. The van der Waals surface area contributed by atoms with Crippen molar-refractivity contribution in [3.8, 4) is 0 Å². The molecule has 0 aromatic rings. The van der Waals surface area contributed by atoms with E-state index < -0.39 is 12.1 Å². The number of aliphatic imine (C=N–C) groups is 1. The van der Waals surface area contributed by atoms with Crippen molar-refractivity contribution >= 4 is 5.71 Å². The lowest BCUT2D eigenvalue weighted by molar-refractivity contribution is -0.163. The zero-order chi connectivity index (χ0) is 13.9. The molecule has 0 aromatic carbocycles. The standard InChI is InChI=1S/C13H20F3N3/c1-17-11-3-2-10(12(8-11)13(14,15)16)9-19-6-4-18-5-7-19/h2,12,18H,3-9H2,1H3. The third-order valence-electron chi connectivity index (χ3n) is 3.81. The summed E-state index contributed by atoms with van der Waals surface area (Å²) in [5, 5.41) is 3.21. The van der Waals surface area contributed by atoms with Crippen molar-refractivity contribution in [3.05, 3.63) is 11.6 Å². The Kier molecular flexibility index (Phi) is 4.62. The Morgan fingerprint density at radius 2 is 2.05 bits per heavy atom. The molecule has 1 N–H and O–H groups in total. The minimum absolute atomic E-state index is 0.0257. The van der Waals surface area contributed by atoms with Gasteiger partial charge in [-0.1, -0.05) is 6.08 Å². The maximum Gasteiger partial charge on any atom is 0.395 e. The molecule has 0 saturated carbocycles. The van der Waals surface area contributed by atoms with Gasteiger partial charge >= 0.3 is 6.18 Å². The number of alkyl halides is 3. The Labute approximate surface area is 111 Å². The molecule has 6 heteroatoms. The number of piperazine rings is 1. The first-order chi connectivity index (χ1) is 9.00. The minimum Gasteiger partial charge on any atom is -0.314 e. The fourth-order valence-corrected chi connectivity index (χ4v) is 2.65. The molecule has 0 aromatic heterocycles. The van der Waals surface area contributed by atoms with Crippen molar-refractivity contribution in [3.63, 3.8) is 0 Å². The van der Waals surface area contributed by atoms with E-state index in [0.717, 1.165) is 26.2 Å². The van der Waals surface area contributed by atoms with Gasteiger partial charge in [-0.2, -0.15) is 13.2 Å². The van der Waals surface area contributed by atoms with Crippen molar-refractivity contribution < 1.29 is 13.2 Å². The topological polar surface area (TPSA) is 27.6 Å². The third-order valence-corrected chi connectivity index (χ3v) is 3.81. The first kappa shape index (κ1) is 14.5. The molecule has 108 valence electrons. The van der Waals surface area contributed by atoms with E-state index in [2.05, 4.69) is 15.2 Å². The second-order valence-electron chi connectivity index (χ2n) is 5.10. The Balaban J connectivity index is 2.08. The van der Waals surface area contributed by atoms with Crippen LogP contribution in [0.2, 0.25) is 0 Å². The summed E-state index contributed by atoms with van der Waals surface area (Å²) in [4.78, 5) is 6.03. The summed E-state index contributed by atoms with van der Waals surface area (Å²) < 4.78 is 39.4. The monoisotopic (exact) mass is 275 g/mol. The minimum atomic E-state index is -4.17. The van der Waals surface area contributed by atoms with Crippen LogP contribution in [0.1, 0.15) is 12.8 Å². The van der Waals surface area contributed by atoms with Gasteiger partial charge < -0.3 is 5.32 Å². The van der Waals surface area contributed by atoms with Gasteiger partial charge in [0.2, 0.25) is 0 Å². The maximum absolute atomic E-state index is 13.1. The summed E-state index contributed by atoms with van der Waals surface area (Å²) in [5.74, 6) is -1.35. The predicted molar refractivity (Wildman–Crippen MR) is 69.5 cm³/mol. The number of halogens is 3. The van der Waals surface area contributed by atoms with Crippen molar-refractivity contribution in [2.75, 3.05) is 39.8 Å². The fourth-order valence-electron chi connectivity index (χ4n) is 2.65. The van der Waals surface area contributed by atoms with Crippen molar-refractivity contribution in [1.29, 1.82) is 0 Å². The number of hydrogen-bond acceptors (Lipinski definition) is 3. The summed E-state index contributed by atoms with van der Waals surface area (Å²) in [6, 6.07) is 0. The van der Waals surface area contributed by atoms with Gasteiger partial charge in [0.05, 0.1) is 5.92 Å². The molecule has 2 rings (SSSR count). The molecular formula is C13H20F3N3. The molecule has 1 fully saturated rings. The van der Waals surface area contributed by atoms with Gasteiger partial charge in [0, 0.05) is 58.3 Å². The Morgan fingerprint density at radius 3 is 2.63 bits per heavy atom. The second-order valence-corrected chi connectivity index (χ2v) is 5.10. The van der Waals surface area contributed by atoms with E-state index in [0.29, 0.717) is 24.3 Å². The summed E-state index contributed by atoms with van der Waals surface area (Å²) in [6.07, 6.45) is -1.86.